The quantitative estimate of drug-likeness (QED) is 0.365. The van der Waals surface area contributed by atoms with E-state index in [1.807, 2.05) is 30.3 Å². The average Bonchev–Trinajstić information content (AvgIpc) is 2.67. The number of nitrogens with one attached hydrogen (secondary N) is 1. The van der Waals surface area contributed by atoms with Gasteiger partial charge in [0.1, 0.15) is 0 Å². The number of hydrogen-bond acceptors (Lipinski definition) is 4. The summed E-state index contributed by atoms with van der Waals surface area (Å²) < 4.78 is 0. The summed E-state index contributed by atoms with van der Waals surface area (Å²) in [5.41, 5.74) is 14.8. The molecule has 0 saturated carbocycles. The minimum atomic E-state index is -0.295. The summed E-state index contributed by atoms with van der Waals surface area (Å²) in [5.74, 6) is -0.358. The van der Waals surface area contributed by atoms with Gasteiger partial charge in [-0.3, -0.25) is 9.59 Å². The third kappa shape index (κ3) is 4.83. The number of ketones is 1. The van der Waals surface area contributed by atoms with Gasteiger partial charge in [-0.05, 0) is 42.0 Å². The van der Waals surface area contributed by atoms with Gasteiger partial charge in [0.05, 0.1) is 0 Å². The Kier molecular flexibility index (Phi) is 5.33. The van der Waals surface area contributed by atoms with Crippen LogP contribution in [0.5, 0.6) is 0 Å². The van der Waals surface area contributed by atoms with Crippen LogP contribution in [0.4, 0.5) is 17.1 Å². The van der Waals surface area contributed by atoms with Gasteiger partial charge in [0.15, 0.2) is 5.78 Å². The van der Waals surface area contributed by atoms with E-state index >= 15 is 0 Å². The van der Waals surface area contributed by atoms with Crippen LogP contribution in [0.3, 0.4) is 0 Å². The second kappa shape index (κ2) is 8.01. The summed E-state index contributed by atoms with van der Waals surface area (Å²) in [7, 11) is 0. The minimum absolute atomic E-state index is 0.0627. The number of anilines is 3. The molecule has 0 spiro atoms. The number of nitrogen functional groups attached to an aromatic ring is 2. The molecule has 3 rings (SSSR count). The van der Waals surface area contributed by atoms with Crippen molar-refractivity contribution in [3.8, 4) is 0 Å². The molecular weight excluding hydrogens is 338 g/mol. The van der Waals surface area contributed by atoms with Crippen LogP contribution in [0, 0.1) is 0 Å². The molecular formula is C22H19N3O2. The number of hydrogen-bond donors (Lipinski definition) is 3. The van der Waals surface area contributed by atoms with Gasteiger partial charge in [-0.1, -0.05) is 48.5 Å². The molecule has 3 aromatic rings. The van der Waals surface area contributed by atoms with Gasteiger partial charge < -0.3 is 16.8 Å². The van der Waals surface area contributed by atoms with Crippen LogP contribution < -0.4 is 16.8 Å². The molecule has 0 bridgehead atoms. The number of carbonyl (C=O) groups is 2. The first-order chi connectivity index (χ1) is 13.0. The molecule has 0 unspecified atom stereocenters. The van der Waals surface area contributed by atoms with Crippen molar-refractivity contribution in [2.45, 2.75) is 0 Å². The minimum Gasteiger partial charge on any atom is -0.399 e. The number of nitrogens with two attached hydrogens (primary N) is 2. The fraction of sp³-hybridized carbons (Fsp3) is 0. The molecule has 0 aliphatic rings. The highest BCUT2D eigenvalue weighted by Gasteiger charge is 2.08. The summed E-state index contributed by atoms with van der Waals surface area (Å²) in [5, 5.41) is 2.79. The van der Waals surface area contributed by atoms with E-state index in [0.29, 0.717) is 28.2 Å². The van der Waals surface area contributed by atoms with Gasteiger partial charge in [-0.15, -0.1) is 0 Å². The van der Waals surface area contributed by atoms with Gasteiger partial charge in [0.2, 0.25) is 0 Å². The van der Waals surface area contributed by atoms with Gasteiger partial charge in [-0.25, -0.2) is 0 Å². The number of benzene rings is 3. The Balaban J connectivity index is 1.65. The van der Waals surface area contributed by atoms with E-state index in [0.717, 1.165) is 5.56 Å². The lowest BCUT2D eigenvalue weighted by atomic mass is 10.1. The molecule has 0 radical (unpaired) electrons. The molecule has 0 heterocycles. The fourth-order valence-corrected chi connectivity index (χ4v) is 2.56. The SMILES string of the molecule is Nc1cc(N)cc(C(=O)Nc2ccc(C=CC(=O)c3ccccc3)cc2)c1. The van der Waals surface area contributed by atoms with Gasteiger partial charge in [0, 0.05) is 28.2 Å². The number of rotatable bonds is 5. The molecule has 0 aliphatic heterocycles. The first-order valence-corrected chi connectivity index (χ1v) is 8.36. The topological polar surface area (TPSA) is 98.2 Å². The normalized spacial score (nSPS) is 10.7. The highest BCUT2D eigenvalue weighted by atomic mass is 16.1. The van der Waals surface area contributed by atoms with Crippen molar-refractivity contribution in [2.24, 2.45) is 0 Å². The average molecular weight is 357 g/mol. The third-order valence-corrected chi connectivity index (χ3v) is 3.89. The number of allylic oxidation sites excluding steroid dienone is 1. The van der Waals surface area contributed by atoms with Crippen LogP contribution in [0.2, 0.25) is 0 Å². The Bertz CT molecular complexity index is 974. The van der Waals surface area contributed by atoms with Crippen molar-refractivity contribution in [3.05, 3.63) is 95.6 Å². The molecule has 0 aromatic heterocycles. The van der Waals surface area contributed by atoms with Crippen molar-refractivity contribution in [1.82, 2.24) is 0 Å². The van der Waals surface area contributed by atoms with Crippen molar-refractivity contribution < 1.29 is 9.59 Å². The fourth-order valence-electron chi connectivity index (χ4n) is 2.56. The molecule has 134 valence electrons. The number of amides is 1. The lowest BCUT2D eigenvalue weighted by Gasteiger charge is -2.07. The van der Waals surface area contributed by atoms with Crippen LogP contribution in [0.1, 0.15) is 26.3 Å². The van der Waals surface area contributed by atoms with Crippen molar-refractivity contribution in [2.75, 3.05) is 16.8 Å². The molecule has 0 atom stereocenters. The van der Waals surface area contributed by atoms with E-state index < -0.39 is 0 Å². The maximum Gasteiger partial charge on any atom is 0.255 e. The summed E-state index contributed by atoms with van der Waals surface area (Å²) in [4.78, 5) is 24.4. The Morgan fingerprint density at radius 3 is 2.04 bits per heavy atom. The molecule has 1 amide bonds. The van der Waals surface area contributed by atoms with Crippen LogP contribution >= 0.6 is 0 Å². The van der Waals surface area contributed by atoms with Gasteiger partial charge >= 0.3 is 0 Å². The van der Waals surface area contributed by atoms with Crippen molar-refractivity contribution in [1.29, 1.82) is 0 Å². The Morgan fingerprint density at radius 1 is 0.778 bits per heavy atom. The highest BCUT2D eigenvalue weighted by molar-refractivity contribution is 6.07. The van der Waals surface area contributed by atoms with E-state index in [2.05, 4.69) is 5.32 Å². The standard InChI is InChI=1S/C22H19N3O2/c23-18-12-17(13-19(24)14-18)22(27)25-20-9-6-15(7-10-20)8-11-21(26)16-4-2-1-3-5-16/h1-14H,23-24H2,(H,25,27). The molecule has 0 fully saturated rings. The molecule has 3 aromatic carbocycles. The predicted molar refractivity (Wildman–Crippen MR) is 109 cm³/mol. The summed E-state index contributed by atoms with van der Waals surface area (Å²) >= 11 is 0. The van der Waals surface area contributed by atoms with Crippen molar-refractivity contribution in [3.63, 3.8) is 0 Å². The molecule has 5 N–H and O–H groups in total. The maximum absolute atomic E-state index is 12.3. The van der Waals surface area contributed by atoms with E-state index in [1.165, 1.54) is 6.08 Å². The van der Waals surface area contributed by atoms with E-state index in [-0.39, 0.29) is 11.7 Å². The molecule has 0 aliphatic carbocycles. The Labute approximate surface area is 157 Å². The summed E-state index contributed by atoms with van der Waals surface area (Å²) in [6.45, 7) is 0. The third-order valence-electron chi connectivity index (χ3n) is 3.89. The zero-order valence-corrected chi connectivity index (χ0v) is 14.6. The first kappa shape index (κ1) is 17.9. The largest absolute Gasteiger partial charge is 0.399 e. The van der Waals surface area contributed by atoms with Gasteiger partial charge in [0.25, 0.3) is 5.91 Å². The highest BCUT2D eigenvalue weighted by Crippen LogP contribution is 2.17. The molecule has 5 nitrogen and oxygen atoms in total. The van der Waals surface area contributed by atoms with E-state index in [1.54, 1.807) is 48.5 Å². The first-order valence-electron chi connectivity index (χ1n) is 8.36. The van der Waals surface area contributed by atoms with Gasteiger partial charge in [-0.2, -0.15) is 0 Å². The molecule has 0 saturated heterocycles. The second-order valence-corrected chi connectivity index (χ2v) is 6.03. The van der Waals surface area contributed by atoms with Crippen LogP contribution in [0.15, 0.2) is 78.9 Å². The molecule has 27 heavy (non-hydrogen) atoms. The Morgan fingerprint density at radius 2 is 1.41 bits per heavy atom. The van der Waals surface area contributed by atoms with Crippen LogP contribution in [-0.4, -0.2) is 11.7 Å². The smallest absolute Gasteiger partial charge is 0.255 e. The zero-order valence-electron chi connectivity index (χ0n) is 14.6. The molecule has 5 heteroatoms. The Hall–Kier alpha value is -3.86. The lowest BCUT2D eigenvalue weighted by molar-refractivity contribution is 0.102. The summed E-state index contributed by atoms with van der Waals surface area (Å²) in [6.07, 6.45) is 3.26. The van der Waals surface area contributed by atoms with Crippen LogP contribution in [0.25, 0.3) is 6.08 Å². The predicted octanol–water partition coefficient (Wildman–Crippen LogP) is 4.00. The summed E-state index contributed by atoms with van der Waals surface area (Å²) in [6, 6.07) is 21.0. The maximum atomic E-state index is 12.3. The van der Waals surface area contributed by atoms with Crippen molar-refractivity contribution >= 4 is 34.8 Å². The lowest BCUT2D eigenvalue weighted by Crippen LogP contribution is -2.12. The van der Waals surface area contributed by atoms with Crippen LogP contribution in [-0.2, 0) is 0 Å². The van der Waals surface area contributed by atoms with E-state index in [4.69, 9.17) is 11.5 Å². The second-order valence-electron chi connectivity index (χ2n) is 6.03. The monoisotopic (exact) mass is 357 g/mol. The van der Waals surface area contributed by atoms with E-state index in [9.17, 15) is 9.59 Å². The number of carbonyl (C=O) groups excluding carboxylic acids is 2. The zero-order chi connectivity index (χ0) is 19.2.